The molecule has 1 atom stereocenters. The molecule has 0 aliphatic rings. The topological polar surface area (TPSA) is 24.9 Å². The summed E-state index contributed by atoms with van der Waals surface area (Å²) in [7, 11) is 1.72. The number of halogens is 3. The highest BCUT2D eigenvalue weighted by Crippen LogP contribution is 2.34. The van der Waals surface area contributed by atoms with Gasteiger partial charge in [-0.15, -0.1) is 11.3 Å². The SMILES string of the molecule is CCC(NC)c1cnc(C(F)(F)F)s1. The first-order chi connectivity index (χ1) is 6.49. The molecular formula is C8H11F3N2S. The lowest BCUT2D eigenvalue weighted by molar-refractivity contribution is -0.137. The van der Waals surface area contributed by atoms with Crippen LogP contribution in [0, 0.1) is 0 Å². The highest BCUT2D eigenvalue weighted by molar-refractivity contribution is 7.11. The molecule has 0 amide bonds. The number of rotatable bonds is 3. The van der Waals surface area contributed by atoms with Crippen LogP contribution >= 0.6 is 11.3 Å². The molecule has 1 N–H and O–H groups in total. The molecule has 2 nitrogen and oxygen atoms in total. The fourth-order valence-electron chi connectivity index (χ4n) is 1.13. The fraction of sp³-hybridized carbons (Fsp3) is 0.625. The minimum absolute atomic E-state index is 0.0383. The average Bonchev–Trinajstić information content (AvgIpc) is 2.54. The van der Waals surface area contributed by atoms with E-state index in [1.165, 1.54) is 6.20 Å². The van der Waals surface area contributed by atoms with E-state index >= 15 is 0 Å². The van der Waals surface area contributed by atoms with Gasteiger partial charge in [0.2, 0.25) is 0 Å². The molecule has 80 valence electrons. The zero-order valence-corrected chi connectivity index (χ0v) is 8.67. The molecule has 0 radical (unpaired) electrons. The van der Waals surface area contributed by atoms with Gasteiger partial charge in [0.25, 0.3) is 0 Å². The van der Waals surface area contributed by atoms with Crippen molar-refractivity contribution in [2.75, 3.05) is 7.05 Å². The number of nitrogens with zero attached hydrogens (tertiary/aromatic N) is 1. The van der Waals surface area contributed by atoms with Crippen molar-refractivity contribution in [2.45, 2.75) is 25.6 Å². The van der Waals surface area contributed by atoms with Gasteiger partial charge in [-0.1, -0.05) is 6.92 Å². The highest BCUT2D eigenvalue weighted by Gasteiger charge is 2.35. The second-order valence-corrected chi connectivity index (χ2v) is 3.88. The Hall–Kier alpha value is -0.620. The number of aromatic nitrogens is 1. The summed E-state index contributed by atoms with van der Waals surface area (Å²) in [6.45, 7) is 1.91. The van der Waals surface area contributed by atoms with E-state index in [-0.39, 0.29) is 6.04 Å². The van der Waals surface area contributed by atoms with Crippen LogP contribution in [0.25, 0.3) is 0 Å². The van der Waals surface area contributed by atoms with E-state index in [1.54, 1.807) is 7.05 Å². The zero-order valence-electron chi connectivity index (χ0n) is 7.85. The molecule has 1 aromatic heterocycles. The van der Waals surface area contributed by atoms with Crippen LogP contribution in [0.4, 0.5) is 13.2 Å². The van der Waals surface area contributed by atoms with Crippen molar-refractivity contribution >= 4 is 11.3 Å². The molecule has 0 aliphatic carbocycles. The number of nitrogens with one attached hydrogen (secondary N) is 1. The first kappa shape index (κ1) is 11.5. The molecule has 0 aliphatic heterocycles. The van der Waals surface area contributed by atoms with E-state index < -0.39 is 11.2 Å². The summed E-state index contributed by atoms with van der Waals surface area (Å²) >= 11 is 0.698. The van der Waals surface area contributed by atoms with Crippen LogP contribution in [-0.2, 0) is 6.18 Å². The normalized spacial score (nSPS) is 14.4. The molecule has 0 saturated heterocycles. The van der Waals surface area contributed by atoms with Crippen LogP contribution in [-0.4, -0.2) is 12.0 Å². The summed E-state index contributed by atoms with van der Waals surface area (Å²) in [4.78, 5) is 3.98. The van der Waals surface area contributed by atoms with Crippen molar-refractivity contribution in [2.24, 2.45) is 0 Å². The maximum Gasteiger partial charge on any atom is 0.443 e. The molecule has 1 unspecified atom stereocenters. The van der Waals surface area contributed by atoms with Crippen LogP contribution in [0.5, 0.6) is 0 Å². The second kappa shape index (κ2) is 4.27. The summed E-state index contributed by atoms with van der Waals surface area (Å²) in [5.41, 5.74) is 0. The van der Waals surface area contributed by atoms with E-state index in [4.69, 9.17) is 0 Å². The quantitative estimate of drug-likeness (QED) is 0.854. The molecule has 1 heterocycles. The number of hydrogen-bond donors (Lipinski definition) is 1. The summed E-state index contributed by atoms with van der Waals surface area (Å²) in [5, 5.41) is 2.16. The summed E-state index contributed by atoms with van der Waals surface area (Å²) in [6.07, 6.45) is -2.29. The maximum absolute atomic E-state index is 12.2. The molecule has 0 saturated carbocycles. The Labute approximate surface area is 84.2 Å². The first-order valence-corrected chi connectivity index (χ1v) is 5.00. The van der Waals surface area contributed by atoms with Gasteiger partial charge >= 0.3 is 6.18 Å². The predicted molar refractivity (Wildman–Crippen MR) is 49.2 cm³/mol. The first-order valence-electron chi connectivity index (χ1n) is 4.19. The predicted octanol–water partition coefficient (Wildman–Crippen LogP) is 2.83. The van der Waals surface area contributed by atoms with Gasteiger partial charge in [0, 0.05) is 17.1 Å². The monoisotopic (exact) mass is 224 g/mol. The van der Waals surface area contributed by atoms with Gasteiger partial charge in [-0.3, -0.25) is 0 Å². The third-order valence-electron chi connectivity index (χ3n) is 1.87. The highest BCUT2D eigenvalue weighted by atomic mass is 32.1. The van der Waals surface area contributed by atoms with Gasteiger partial charge in [0.1, 0.15) is 0 Å². The third kappa shape index (κ3) is 2.45. The molecule has 1 rings (SSSR count). The lowest BCUT2D eigenvalue weighted by Gasteiger charge is -2.09. The molecule has 0 fully saturated rings. The smallest absolute Gasteiger partial charge is 0.312 e. The van der Waals surface area contributed by atoms with Crippen molar-refractivity contribution in [3.63, 3.8) is 0 Å². The molecule has 14 heavy (non-hydrogen) atoms. The molecule has 0 aromatic carbocycles. The largest absolute Gasteiger partial charge is 0.443 e. The standard InChI is InChI=1S/C8H11F3N2S/c1-3-5(12-2)6-4-13-7(14-6)8(9,10)11/h4-5,12H,3H2,1-2H3. The number of thiazole rings is 1. The maximum atomic E-state index is 12.2. The van der Waals surface area contributed by atoms with E-state index in [2.05, 4.69) is 10.3 Å². The Balaban J connectivity index is 2.87. The van der Waals surface area contributed by atoms with Crippen molar-refractivity contribution in [1.82, 2.24) is 10.3 Å². The minimum atomic E-state index is -4.32. The molecule has 1 aromatic rings. The number of alkyl halides is 3. The van der Waals surface area contributed by atoms with Gasteiger partial charge in [0.05, 0.1) is 0 Å². The average molecular weight is 224 g/mol. The van der Waals surface area contributed by atoms with Crippen LogP contribution in [0.15, 0.2) is 6.20 Å². The Morgan fingerprint density at radius 2 is 2.21 bits per heavy atom. The lowest BCUT2D eigenvalue weighted by Crippen LogP contribution is -2.13. The lowest BCUT2D eigenvalue weighted by atomic mass is 10.2. The van der Waals surface area contributed by atoms with Crippen molar-refractivity contribution in [3.8, 4) is 0 Å². The number of hydrogen-bond acceptors (Lipinski definition) is 3. The molecule has 0 bridgehead atoms. The van der Waals surface area contributed by atoms with Crippen LogP contribution < -0.4 is 5.32 Å². The van der Waals surface area contributed by atoms with Crippen molar-refractivity contribution < 1.29 is 13.2 Å². The Kier molecular flexibility index (Phi) is 3.49. The van der Waals surface area contributed by atoms with Crippen molar-refractivity contribution in [3.05, 3.63) is 16.1 Å². The summed E-state index contributed by atoms with van der Waals surface area (Å²) in [6, 6.07) is -0.0383. The zero-order chi connectivity index (χ0) is 10.8. The van der Waals surface area contributed by atoms with E-state index in [0.717, 1.165) is 6.42 Å². The van der Waals surface area contributed by atoms with Gasteiger partial charge in [0.15, 0.2) is 5.01 Å². The Morgan fingerprint density at radius 3 is 2.57 bits per heavy atom. The Bertz CT molecular complexity index is 291. The van der Waals surface area contributed by atoms with Gasteiger partial charge in [-0.25, -0.2) is 4.98 Å². The second-order valence-electron chi connectivity index (χ2n) is 2.82. The summed E-state index contributed by atoms with van der Waals surface area (Å²) < 4.78 is 36.6. The van der Waals surface area contributed by atoms with Gasteiger partial charge in [-0.05, 0) is 13.5 Å². The third-order valence-corrected chi connectivity index (χ3v) is 3.02. The molecule has 6 heteroatoms. The van der Waals surface area contributed by atoms with E-state index in [9.17, 15) is 13.2 Å². The van der Waals surface area contributed by atoms with Gasteiger partial charge in [-0.2, -0.15) is 13.2 Å². The molecule has 0 spiro atoms. The van der Waals surface area contributed by atoms with Crippen LogP contribution in [0.3, 0.4) is 0 Å². The van der Waals surface area contributed by atoms with Crippen LogP contribution in [0.1, 0.15) is 29.3 Å². The van der Waals surface area contributed by atoms with Crippen LogP contribution in [0.2, 0.25) is 0 Å². The summed E-state index contributed by atoms with van der Waals surface area (Å²) in [5.74, 6) is 0. The fourth-order valence-corrected chi connectivity index (χ4v) is 2.10. The van der Waals surface area contributed by atoms with Crippen molar-refractivity contribution in [1.29, 1.82) is 0 Å². The van der Waals surface area contributed by atoms with E-state index in [1.807, 2.05) is 6.92 Å². The molecular weight excluding hydrogens is 213 g/mol. The minimum Gasteiger partial charge on any atom is -0.312 e. The van der Waals surface area contributed by atoms with E-state index in [0.29, 0.717) is 16.2 Å². The van der Waals surface area contributed by atoms with Gasteiger partial charge < -0.3 is 5.32 Å². The Morgan fingerprint density at radius 1 is 1.57 bits per heavy atom.